The third-order valence-electron chi connectivity index (χ3n) is 6.53. The quantitative estimate of drug-likeness (QED) is 0.738. The van der Waals surface area contributed by atoms with Crippen molar-refractivity contribution in [1.29, 1.82) is 0 Å². The number of nitrogens with one attached hydrogen (secondary N) is 1. The number of likely N-dealkylation sites (tertiary alicyclic amines) is 1. The highest BCUT2D eigenvalue weighted by Crippen LogP contribution is 2.29. The minimum atomic E-state index is -0.499. The van der Waals surface area contributed by atoms with E-state index in [1.54, 1.807) is 0 Å². The molecule has 0 spiro atoms. The van der Waals surface area contributed by atoms with Crippen LogP contribution < -0.4 is 5.32 Å². The van der Waals surface area contributed by atoms with Crippen molar-refractivity contribution in [3.05, 3.63) is 0 Å². The highest BCUT2D eigenvalue weighted by atomic mass is 16.5. The number of carbonyl (C=O) groups excluding carboxylic acids is 1. The van der Waals surface area contributed by atoms with Gasteiger partial charge in [0, 0.05) is 38.3 Å². The summed E-state index contributed by atoms with van der Waals surface area (Å²) in [6.07, 6.45) is 2.20. The Kier molecular flexibility index (Phi) is 6.56. The second-order valence-electron chi connectivity index (χ2n) is 8.47. The van der Waals surface area contributed by atoms with Gasteiger partial charge in [-0.3, -0.25) is 14.6 Å². The molecule has 3 aliphatic rings. The summed E-state index contributed by atoms with van der Waals surface area (Å²) in [6, 6.07) is 0. The molecule has 0 bridgehead atoms. The molecule has 7 nitrogen and oxygen atoms in total. The second-order valence-corrected chi connectivity index (χ2v) is 8.47. The first kappa shape index (κ1) is 20.0. The van der Waals surface area contributed by atoms with E-state index in [-0.39, 0.29) is 11.4 Å². The zero-order valence-electron chi connectivity index (χ0n) is 16.8. The fourth-order valence-electron chi connectivity index (χ4n) is 4.40. The van der Waals surface area contributed by atoms with Gasteiger partial charge in [0.25, 0.3) is 0 Å². The van der Waals surface area contributed by atoms with Crippen LogP contribution in [0.5, 0.6) is 0 Å². The van der Waals surface area contributed by atoms with Gasteiger partial charge in [0.05, 0.1) is 32.0 Å². The number of rotatable bonds is 5. The molecule has 0 aliphatic carbocycles. The van der Waals surface area contributed by atoms with Crippen molar-refractivity contribution >= 4 is 5.91 Å². The molecule has 150 valence electrons. The lowest BCUT2D eigenvalue weighted by Gasteiger charge is -2.50. The first-order valence-electron chi connectivity index (χ1n) is 10.1. The summed E-state index contributed by atoms with van der Waals surface area (Å²) in [6.45, 7) is 13.5. The highest BCUT2D eigenvalue weighted by Gasteiger charge is 2.42. The van der Waals surface area contributed by atoms with Crippen LogP contribution in [0.4, 0.5) is 0 Å². The fourth-order valence-corrected chi connectivity index (χ4v) is 4.40. The Morgan fingerprint density at radius 3 is 2.08 bits per heavy atom. The van der Waals surface area contributed by atoms with Gasteiger partial charge in [-0.2, -0.15) is 0 Å². The van der Waals surface area contributed by atoms with Gasteiger partial charge in [0.1, 0.15) is 0 Å². The van der Waals surface area contributed by atoms with Crippen molar-refractivity contribution in [3.63, 3.8) is 0 Å². The average molecular weight is 369 g/mol. The number of piperidine rings is 1. The molecule has 3 rings (SSSR count). The van der Waals surface area contributed by atoms with Crippen molar-refractivity contribution in [3.8, 4) is 0 Å². The first-order chi connectivity index (χ1) is 12.4. The van der Waals surface area contributed by atoms with Gasteiger partial charge in [-0.25, -0.2) is 0 Å². The lowest BCUT2D eigenvalue weighted by molar-refractivity contribution is -0.135. The number of hydrogen-bond donors (Lipinski definition) is 1. The minimum absolute atomic E-state index is 0.0625. The van der Waals surface area contributed by atoms with E-state index in [1.807, 2.05) is 13.8 Å². The van der Waals surface area contributed by atoms with Gasteiger partial charge < -0.3 is 19.7 Å². The molecule has 0 atom stereocenters. The Morgan fingerprint density at radius 1 is 0.962 bits per heavy atom. The summed E-state index contributed by atoms with van der Waals surface area (Å²) in [5.41, 5.74) is -0.436. The van der Waals surface area contributed by atoms with Crippen LogP contribution in [0.15, 0.2) is 0 Å². The molecule has 26 heavy (non-hydrogen) atoms. The maximum absolute atomic E-state index is 13.0. The van der Waals surface area contributed by atoms with E-state index in [1.165, 1.54) is 0 Å². The molecular weight excluding hydrogens is 332 g/mol. The summed E-state index contributed by atoms with van der Waals surface area (Å²) in [4.78, 5) is 20.2. The van der Waals surface area contributed by atoms with Crippen molar-refractivity contribution < 1.29 is 14.3 Å². The van der Waals surface area contributed by atoms with E-state index in [0.29, 0.717) is 13.2 Å². The molecule has 3 heterocycles. The Bertz CT molecular complexity index is 465. The van der Waals surface area contributed by atoms with Crippen LogP contribution in [0.1, 0.15) is 26.7 Å². The lowest BCUT2D eigenvalue weighted by Crippen LogP contribution is -2.65. The molecule has 0 aromatic rings. The monoisotopic (exact) mass is 368 g/mol. The Balaban J connectivity index is 1.64. The predicted octanol–water partition coefficient (Wildman–Crippen LogP) is 0.0100. The van der Waals surface area contributed by atoms with E-state index in [0.717, 1.165) is 71.9 Å². The zero-order valence-corrected chi connectivity index (χ0v) is 16.8. The summed E-state index contributed by atoms with van der Waals surface area (Å²) >= 11 is 0. The number of carbonyl (C=O) groups is 1. The molecule has 3 saturated heterocycles. The van der Waals surface area contributed by atoms with Crippen LogP contribution in [-0.2, 0) is 14.3 Å². The molecule has 0 radical (unpaired) electrons. The topological polar surface area (TPSA) is 57.3 Å². The van der Waals surface area contributed by atoms with Gasteiger partial charge in [-0.05, 0) is 46.8 Å². The lowest BCUT2D eigenvalue weighted by atomic mass is 9.84. The largest absolute Gasteiger partial charge is 0.379 e. The Morgan fingerprint density at radius 2 is 1.50 bits per heavy atom. The standard InChI is InChI=1S/C19H36N4O3/c1-18(2,22-8-12-25-13-9-22)17(24)20-16-19(4-6-21(3)7-5-19)23-10-14-26-15-11-23/h4-16H2,1-3H3,(H,20,24). The second kappa shape index (κ2) is 8.52. The number of morpholine rings is 2. The van der Waals surface area contributed by atoms with E-state index >= 15 is 0 Å². The molecule has 1 N–H and O–H groups in total. The third kappa shape index (κ3) is 4.39. The molecule has 3 aliphatic heterocycles. The summed E-state index contributed by atoms with van der Waals surface area (Å²) in [5, 5.41) is 3.32. The molecular formula is C19H36N4O3. The van der Waals surface area contributed by atoms with Crippen molar-refractivity contribution in [1.82, 2.24) is 20.0 Å². The van der Waals surface area contributed by atoms with Crippen LogP contribution in [0.3, 0.4) is 0 Å². The van der Waals surface area contributed by atoms with Crippen molar-refractivity contribution in [2.24, 2.45) is 0 Å². The maximum atomic E-state index is 13.0. The SMILES string of the molecule is CN1CCC(CNC(=O)C(C)(C)N2CCOCC2)(N2CCOCC2)CC1. The van der Waals surface area contributed by atoms with E-state index in [2.05, 4.69) is 27.1 Å². The smallest absolute Gasteiger partial charge is 0.240 e. The zero-order chi connectivity index (χ0) is 18.6. The van der Waals surface area contributed by atoms with Gasteiger partial charge in [-0.1, -0.05) is 0 Å². The number of hydrogen-bond acceptors (Lipinski definition) is 6. The van der Waals surface area contributed by atoms with Crippen LogP contribution in [0.25, 0.3) is 0 Å². The molecule has 7 heteroatoms. The van der Waals surface area contributed by atoms with Gasteiger partial charge in [0.2, 0.25) is 5.91 Å². The average Bonchev–Trinajstić information content (AvgIpc) is 2.69. The minimum Gasteiger partial charge on any atom is -0.379 e. The first-order valence-corrected chi connectivity index (χ1v) is 10.1. The highest BCUT2D eigenvalue weighted by molar-refractivity contribution is 5.85. The molecule has 0 aromatic heterocycles. The summed E-state index contributed by atoms with van der Waals surface area (Å²) in [5.74, 6) is 0.131. The van der Waals surface area contributed by atoms with E-state index in [4.69, 9.17) is 9.47 Å². The number of nitrogens with zero attached hydrogens (tertiary/aromatic N) is 3. The van der Waals surface area contributed by atoms with Gasteiger partial charge >= 0.3 is 0 Å². The van der Waals surface area contributed by atoms with Crippen LogP contribution in [0.2, 0.25) is 0 Å². The van der Waals surface area contributed by atoms with Crippen molar-refractivity contribution in [2.45, 2.75) is 37.8 Å². The third-order valence-corrected chi connectivity index (χ3v) is 6.53. The van der Waals surface area contributed by atoms with Crippen LogP contribution >= 0.6 is 0 Å². The molecule has 0 aromatic carbocycles. The number of ether oxygens (including phenoxy) is 2. The van der Waals surface area contributed by atoms with Gasteiger partial charge in [0.15, 0.2) is 0 Å². The molecule has 0 saturated carbocycles. The number of amides is 1. The van der Waals surface area contributed by atoms with E-state index in [9.17, 15) is 4.79 Å². The van der Waals surface area contributed by atoms with Crippen LogP contribution in [0, 0.1) is 0 Å². The predicted molar refractivity (Wildman–Crippen MR) is 101 cm³/mol. The Labute approximate surface area is 158 Å². The Hall–Kier alpha value is -0.730. The summed E-state index contributed by atoms with van der Waals surface area (Å²) in [7, 11) is 2.18. The molecule has 0 unspecified atom stereocenters. The van der Waals surface area contributed by atoms with Crippen LogP contribution in [-0.4, -0.2) is 111 Å². The van der Waals surface area contributed by atoms with Crippen molar-refractivity contribution in [2.75, 3.05) is 79.3 Å². The molecule has 3 fully saturated rings. The summed E-state index contributed by atoms with van der Waals surface area (Å²) < 4.78 is 11.0. The van der Waals surface area contributed by atoms with Gasteiger partial charge in [-0.15, -0.1) is 0 Å². The molecule has 1 amide bonds. The fraction of sp³-hybridized carbons (Fsp3) is 0.947. The normalized spacial score (nSPS) is 26.6. The van der Waals surface area contributed by atoms with E-state index < -0.39 is 5.54 Å². The maximum Gasteiger partial charge on any atom is 0.240 e.